The molecule has 2 aromatic carbocycles. The van der Waals surface area contributed by atoms with Crippen molar-refractivity contribution in [3.05, 3.63) is 64.7 Å². The van der Waals surface area contributed by atoms with E-state index in [4.69, 9.17) is 5.21 Å². The number of carbonyl (C=O) groups is 1. The largest absolute Gasteiger partial charge is 0.363 e. The SMILES string of the molecule is CN1CCC2C(C1)c1cc(C(C)(C)C)ccc1N2Cc1ccc(C(=O)NO)cc1. The van der Waals surface area contributed by atoms with Gasteiger partial charge in [-0.1, -0.05) is 45.0 Å². The molecule has 2 aliphatic heterocycles. The van der Waals surface area contributed by atoms with Gasteiger partial charge in [-0.2, -0.15) is 0 Å². The Bertz CT molecular complexity index is 901. The summed E-state index contributed by atoms with van der Waals surface area (Å²) in [6.07, 6.45) is 1.16. The van der Waals surface area contributed by atoms with Crippen molar-refractivity contribution in [1.82, 2.24) is 10.4 Å². The van der Waals surface area contributed by atoms with Gasteiger partial charge in [0.25, 0.3) is 5.91 Å². The van der Waals surface area contributed by atoms with Crippen LogP contribution in [0.15, 0.2) is 42.5 Å². The minimum absolute atomic E-state index is 0.141. The van der Waals surface area contributed by atoms with Crippen LogP contribution in [0, 0.1) is 0 Å². The molecule has 4 rings (SSSR count). The average molecular weight is 394 g/mol. The van der Waals surface area contributed by atoms with Crippen molar-refractivity contribution in [2.24, 2.45) is 0 Å². The van der Waals surface area contributed by atoms with E-state index in [2.05, 4.69) is 55.8 Å². The maximum atomic E-state index is 11.6. The van der Waals surface area contributed by atoms with Gasteiger partial charge in [0.2, 0.25) is 0 Å². The Balaban J connectivity index is 1.66. The molecule has 0 aromatic heterocycles. The van der Waals surface area contributed by atoms with Gasteiger partial charge in [0.1, 0.15) is 0 Å². The molecule has 0 bridgehead atoms. The van der Waals surface area contributed by atoms with Gasteiger partial charge >= 0.3 is 0 Å². The number of anilines is 1. The summed E-state index contributed by atoms with van der Waals surface area (Å²) in [6, 6.07) is 15.0. The number of piperidine rings is 1. The molecule has 0 saturated carbocycles. The second-order valence-electron chi connectivity index (χ2n) is 9.51. The van der Waals surface area contributed by atoms with Crippen LogP contribution in [0.5, 0.6) is 0 Å². The lowest BCUT2D eigenvalue weighted by molar-refractivity contribution is 0.0706. The monoisotopic (exact) mass is 393 g/mol. The van der Waals surface area contributed by atoms with Crippen molar-refractivity contribution >= 4 is 11.6 Å². The van der Waals surface area contributed by atoms with Gasteiger partial charge in [0.15, 0.2) is 0 Å². The molecule has 5 heteroatoms. The Morgan fingerprint density at radius 3 is 2.55 bits per heavy atom. The van der Waals surface area contributed by atoms with E-state index in [1.807, 2.05) is 12.1 Å². The highest BCUT2D eigenvalue weighted by Crippen LogP contribution is 2.46. The highest BCUT2D eigenvalue weighted by Gasteiger charge is 2.41. The van der Waals surface area contributed by atoms with Gasteiger partial charge in [-0.3, -0.25) is 10.0 Å². The quantitative estimate of drug-likeness (QED) is 0.613. The van der Waals surface area contributed by atoms with Gasteiger partial charge in [-0.25, -0.2) is 5.48 Å². The van der Waals surface area contributed by atoms with Crippen LogP contribution in [-0.4, -0.2) is 42.2 Å². The summed E-state index contributed by atoms with van der Waals surface area (Å²) in [5, 5.41) is 8.82. The lowest BCUT2D eigenvalue weighted by atomic mass is 9.83. The standard InChI is InChI=1S/C24H31N3O2/c1-24(2,3)18-9-10-21-19(13-18)20-15-26(4)12-11-22(20)27(21)14-16-5-7-17(8-6-16)23(28)25-29/h5-10,13,20,22,29H,11-12,14-15H2,1-4H3,(H,25,28). The third kappa shape index (κ3) is 3.77. The molecular weight excluding hydrogens is 362 g/mol. The molecule has 0 aliphatic carbocycles. The van der Waals surface area contributed by atoms with Crippen molar-refractivity contribution < 1.29 is 10.0 Å². The second-order valence-corrected chi connectivity index (χ2v) is 9.51. The van der Waals surface area contributed by atoms with E-state index in [1.165, 1.54) is 22.4 Å². The first-order valence-electron chi connectivity index (χ1n) is 10.4. The zero-order valence-corrected chi connectivity index (χ0v) is 17.8. The maximum absolute atomic E-state index is 11.6. The molecule has 2 aromatic rings. The summed E-state index contributed by atoms with van der Waals surface area (Å²) in [7, 11) is 2.22. The summed E-state index contributed by atoms with van der Waals surface area (Å²) in [6.45, 7) is 9.86. The first-order chi connectivity index (χ1) is 13.8. The van der Waals surface area contributed by atoms with E-state index in [0.717, 1.165) is 26.1 Å². The zero-order chi connectivity index (χ0) is 20.8. The number of nitrogens with one attached hydrogen (secondary N) is 1. The van der Waals surface area contributed by atoms with Crippen LogP contribution in [0.4, 0.5) is 5.69 Å². The van der Waals surface area contributed by atoms with E-state index < -0.39 is 5.91 Å². The molecule has 1 saturated heterocycles. The van der Waals surface area contributed by atoms with Crippen LogP contribution in [0.25, 0.3) is 0 Å². The first kappa shape index (κ1) is 19.9. The molecule has 5 nitrogen and oxygen atoms in total. The zero-order valence-electron chi connectivity index (χ0n) is 17.8. The molecule has 2 atom stereocenters. The number of amides is 1. The van der Waals surface area contributed by atoms with Gasteiger partial charge in [-0.15, -0.1) is 0 Å². The van der Waals surface area contributed by atoms with E-state index in [1.54, 1.807) is 17.6 Å². The van der Waals surface area contributed by atoms with Gasteiger partial charge in [-0.05, 0) is 60.3 Å². The summed E-state index contributed by atoms with van der Waals surface area (Å²) in [5.41, 5.74) is 7.68. The van der Waals surface area contributed by atoms with Crippen LogP contribution in [0.1, 0.15) is 60.2 Å². The number of rotatable bonds is 3. The lowest BCUT2D eigenvalue weighted by Gasteiger charge is -2.37. The number of likely N-dealkylation sites (tertiary alicyclic amines) is 1. The molecule has 2 heterocycles. The minimum atomic E-state index is -0.479. The number of hydrogen-bond acceptors (Lipinski definition) is 4. The van der Waals surface area contributed by atoms with E-state index in [9.17, 15) is 4.79 Å². The topological polar surface area (TPSA) is 55.8 Å². The smallest absolute Gasteiger partial charge is 0.274 e. The Labute approximate surface area is 173 Å². The van der Waals surface area contributed by atoms with Crippen molar-refractivity contribution in [3.63, 3.8) is 0 Å². The molecule has 2 N–H and O–H groups in total. The molecule has 29 heavy (non-hydrogen) atoms. The number of fused-ring (bicyclic) bond motifs is 3. The molecule has 0 spiro atoms. The third-order valence-corrected chi connectivity index (χ3v) is 6.45. The highest BCUT2D eigenvalue weighted by molar-refractivity contribution is 5.93. The Morgan fingerprint density at radius 2 is 1.90 bits per heavy atom. The molecule has 2 aliphatic rings. The predicted molar refractivity (Wildman–Crippen MR) is 116 cm³/mol. The fourth-order valence-electron chi connectivity index (χ4n) is 4.76. The first-order valence-corrected chi connectivity index (χ1v) is 10.4. The molecule has 1 fully saturated rings. The normalized spacial score (nSPS) is 21.6. The number of carbonyl (C=O) groups excluding carboxylic acids is 1. The predicted octanol–water partition coefficient (Wildman–Crippen LogP) is 3.91. The Hall–Kier alpha value is -2.37. The molecular formula is C24H31N3O2. The Kier molecular flexibility index (Phi) is 5.13. The maximum Gasteiger partial charge on any atom is 0.274 e. The summed E-state index contributed by atoms with van der Waals surface area (Å²) >= 11 is 0. The van der Waals surface area contributed by atoms with Crippen LogP contribution >= 0.6 is 0 Å². The lowest BCUT2D eigenvalue weighted by Crippen LogP contribution is -2.44. The molecule has 2 unspecified atom stereocenters. The van der Waals surface area contributed by atoms with E-state index in [0.29, 0.717) is 17.5 Å². The van der Waals surface area contributed by atoms with Crippen molar-refractivity contribution in [2.75, 3.05) is 25.0 Å². The minimum Gasteiger partial charge on any atom is -0.363 e. The van der Waals surface area contributed by atoms with Crippen molar-refractivity contribution in [2.45, 2.75) is 51.1 Å². The van der Waals surface area contributed by atoms with Crippen molar-refractivity contribution in [3.8, 4) is 0 Å². The fraction of sp³-hybridized carbons (Fsp3) is 0.458. The van der Waals surface area contributed by atoms with Crippen LogP contribution in [-0.2, 0) is 12.0 Å². The van der Waals surface area contributed by atoms with Crippen LogP contribution in [0.3, 0.4) is 0 Å². The Morgan fingerprint density at radius 1 is 1.17 bits per heavy atom. The molecule has 0 radical (unpaired) electrons. The number of hydrogen-bond donors (Lipinski definition) is 2. The van der Waals surface area contributed by atoms with Crippen LogP contribution < -0.4 is 10.4 Å². The molecule has 1 amide bonds. The molecule has 154 valence electrons. The van der Waals surface area contributed by atoms with Crippen molar-refractivity contribution in [1.29, 1.82) is 0 Å². The number of benzene rings is 2. The van der Waals surface area contributed by atoms with E-state index >= 15 is 0 Å². The van der Waals surface area contributed by atoms with Gasteiger partial charge in [0, 0.05) is 36.3 Å². The van der Waals surface area contributed by atoms with Gasteiger partial charge in [0.05, 0.1) is 0 Å². The average Bonchev–Trinajstić information content (AvgIpc) is 3.00. The number of likely N-dealkylation sites (N-methyl/N-ethyl adjacent to an activating group) is 1. The fourth-order valence-corrected chi connectivity index (χ4v) is 4.76. The number of nitrogens with zero attached hydrogens (tertiary/aromatic N) is 2. The van der Waals surface area contributed by atoms with Gasteiger partial charge < -0.3 is 9.80 Å². The van der Waals surface area contributed by atoms with Crippen LogP contribution in [0.2, 0.25) is 0 Å². The highest BCUT2D eigenvalue weighted by atomic mass is 16.5. The summed E-state index contributed by atoms with van der Waals surface area (Å²) in [4.78, 5) is 16.6. The summed E-state index contributed by atoms with van der Waals surface area (Å²) in [5.74, 6) is 0.0543. The second kappa shape index (κ2) is 7.47. The van der Waals surface area contributed by atoms with E-state index in [-0.39, 0.29) is 5.41 Å². The number of hydroxylamine groups is 1. The summed E-state index contributed by atoms with van der Waals surface area (Å²) < 4.78 is 0. The third-order valence-electron chi connectivity index (χ3n) is 6.45.